The summed E-state index contributed by atoms with van der Waals surface area (Å²) in [5.74, 6) is -0.000392. The van der Waals surface area contributed by atoms with Gasteiger partial charge < -0.3 is 19.2 Å². The van der Waals surface area contributed by atoms with Crippen LogP contribution in [0.4, 0.5) is 0 Å². The van der Waals surface area contributed by atoms with E-state index < -0.39 is 5.97 Å². The number of pyridine rings is 1. The molecule has 2 aromatic rings. The van der Waals surface area contributed by atoms with Crippen LogP contribution in [0.1, 0.15) is 53.3 Å². The molecule has 0 spiro atoms. The summed E-state index contributed by atoms with van der Waals surface area (Å²) in [4.78, 5) is 20.1. The molecule has 3 rings (SSSR count). The molecule has 1 atom stereocenters. The first kappa shape index (κ1) is 15.8. The molecule has 2 heterocycles. The zero-order chi connectivity index (χ0) is 16.6. The number of ether oxygens (including phenoxy) is 3. The maximum Gasteiger partial charge on any atom is 0.360 e. The van der Waals surface area contributed by atoms with Gasteiger partial charge >= 0.3 is 5.97 Å². The Morgan fingerprint density at radius 2 is 2.17 bits per heavy atom. The van der Waals surface area contributed by atoms with Gasteiger partial charge in [0.1, 0.15) is 0 Å². The number of aromatic amines is 1. The summed E-state index contributed by atoms with van der Waals surface area (Å²) < 4.78 is 16.3. The summed E-state index contributed by atoms with van der Waals surface area (Å²) in [6, 6.07) is 0. The molecule has 124 valence electrons. The summed E-state index contributed by atoms with van der Waals surface area (Å²) in [5.41, 5.74) is 4.11. The summed E-state index contributed by atoms with van der Waals surface area (Å²) in [6.07, 6.45) is 2.98. The molecule has 0 radical (unpaired) electrons. The van der Waals surface area contributed by atoms with Crippen LogP contribution in [0.5, 0.6) is 5.75 Å². The highest BCUT2D eigenvalue weighted by Gasteiger charge is 2.30. The van der Waals surface area contributed by atoms with E-state index in [1.54, 1.807) is 21.1 Å². The van der Waals surface area contributed by atoms with Crippen LogP contribution in [0.25, 0.3) is 10.9 Å². The fourth-order valence-corrected chi connectivity index (χ4v) is 3.40. The van der Waals surface area contributed by atoms with Crippen LogP contribution in [0.2, 0.25) is 0 Å². The smallest absolute Gasteiger partial charge is 0.360 e. The molecule has 0 fully saturated rings. The highest BCUT2D eigenvalue weighted by Crippen LogP contribution is 2.43. The maximum absolute atomic E-state index is 12.3. The second-order valence-electron chi connectivity index (χ2n) is 5.68. The van der Waals surface area contributed by atoms with Crippen molar-refractivity contribution in [3.63, 3.8) is 0 Å². The van der Waals surface area contributed by atoms with Crippen LogP contribution in [0, 0.1) is 6.92 Å². The number of nitrogens with one attached hydrogen (secondary N) is 1. The van der Waals surface area contributed by atoms with E-state index in [9.17, 15) is 4.79 Å². The number of fused-ring (bicyclic) bond motifs is 3. The first-order chi connectivity index (χ1) is 11.1. The van der Waals surface area contributed by atoms with Crippen molar-refractivity contribution in [2.24, 2.45) is 0 Å². The number of methoxy groups -OCH3 is 2. The third-order valence-electron chi connectivity index (χ3n) is 4.38. The molecule has 1 aliphatic carbocycles. The average Bonchev–Trinajstić information content (AvgIpc) is 2.95. The number of rotatable bonds is 4. The molecular weight excluding hydrogens is 296 g/mol. The van der Waals surface area contributed by atoms with Crippen LogP contribution in [0.15, 0.2) is 0 Å². The molecule has 6 heteroatoms. The van der Waals surface area contributed by atoms with Gasteiger partial charge in [-0.05, 0) is 33.1 Å². The Labute approximate surface area is 135 Å². The lowest BCUT2D eigenvalue weighted by molar-refractivity contribution is 0.0515. The van der Waals surface area contributed by atoms with Gasteiger partial charge in [-0.15, -0.1) is 0 Å². The molecule has 0 bridgehead atoms. The molecule has 0 saturated heterocycles. The van der Waals surface area contributed by atoms with E-state index in [4.69, 9.17) is 14.2 Å². The van der Waals surface area contributed by atoms with E-state index in [-0.39, 0.29) is 11.8 Å². The Morgan fingerprint density at radius 3 is 2.83 bits per heavy atom. The van der Waals surface area contributed by atoms with E-state index in [1.165, 1.54) is 0 Å². The van der Waals surface area contributed by atoms with E-state index >= 15 is 0 Å². The van der Waals surface area contributed by atoms with Gasteiger partial charge in [0, 0.05) is 18.4 Å². The SMILES string of the molecule is CCOC(=O)c1nc(C)c2[nH]c3c(c2c1OC)C(OC)CCC3. The lowest BCUT2D eigenvalue weighted by Gasteiger charge is -2.22. The molecule has 0 amide bonds. The number of carbonyl (C=O) groups excluding carboxylic acids is 1. The van der Waals surface area contributed by atoms with Crippen molar-refractivity contribution in [2.45, 2.75) is 39.2 Å². The van der Waals surface area contributed by atoms with Crippen LogP contribution < -0.4 is 4.74 Å². The fraction of sp³-hybridized carbons (Fsp3) is 0.529. The van der Waals surface area contributed by atoms with Crippen molar-refractivity contribution in [3.8, 4) is 5.75 Å². The fourth-order valence-electron chi connectivity index (χ4n) is 3.40. The van der Waals surface area contributed by atoms with E-state index in [0.717, 1.165) is 47.1 Å². The van der Waals surface area contributed by atoms with Gasteiger partial charge in [0.05, 0.1) is 36.4 Å². The Morgan fingerprint density at radius 1 is 1.39 bits per heavy atom. The van der Waals surface area contributed by atoms with Gasteiger partial charge in [-0.25, -0.2) is 9.78 Å². The Balaban J connectivity index is 2.31. The number of H-pyrrole nitrogens is 1. The number of aromatic nitrogens is 2. The third kappa shape index (κ3) is 2.47. The molecular formula is C17H22N2O4. The Hall–Kier alpha value is -2.08. The quantitative estimate of drug-likeness (QED) is 0.877. The largest absolute Gasteiger partial charge is 0.493 e. The van der Waals surface area contributed by atoms with Gasteiger partial charge in [-0.2, -0.15) is 0 Å². The van der Waals surface area contributed by atoms with Crippen LogP contribution in [-0.4, -0.2) is 36.8 Å². The normalized spacial score (nSPS) is 17.1. The second-order valence-corrected chi connectivity index (χ2v) is 5.68. The van der Waals surface area contributed by atoms with Crippen molar-refractivity contribution >= 4 is 16.9 Å². The predicted molar refractivity (Wildman–Crippen MR) is 86.0 cm³/mol. The van der Waals surface area contributed by atoms with Crippen LogP contribution in [0.3, 0.4) is 0 Å². The number of esters is 1. The zero-order valence-electron chi connectivity index (χ0n) is 14.0. The van der Waals surface area contributed by atoms with E-state index in [2.05, 4.69) is 9.97 Å². The minimum Gasteiger partial charge on any atom is -0.493 e. The predicted octanol–water partition coefficient (Wildman–Crippen LogP) is 3.08. The summed E-state index contributed by atoms with van der Waals surface area (Å²) in [6.45, 7) is 3.95. The average molecular weight is 318 g/mol. The number of aryl methyl sites for hydroxylation is 2. The molecule has 2 aromatic heterocycles. The minimum absolute atomic E-state index is 0.00162. The first-order valence-corrected chi connectivity index (χ1v) is 7.91. The second kappa shape index (κ2) is 6.20. The molecule has 1 aliphatic rings. The summed E-state index contributed by atoms with van der Waals surface area (Å²) in [5, 5.41) is 0.893. The van der Waals surface area contributed by atoms with E-state index in [1.807, 2.05) is 6.92 Å². The van der Waals surface area contributed by atoms with Crippen molar-refractivity contribution in [2.75, 3.05) is 20.8 Å². The molecule has 0 aromatic carbocycles. The van der Waals surface area contributed by atoms with Gasteiger partial charge in [0.2, 0.25) is 0 Å². The third-order valence-corrected chi connectivity index (χ3v) is 4.38. The number of nitrogens with zero attached hydrogens (tertiary/aromatic N) is 1. The zero-order valence-corrected chi connectivity index (χ0v) is 14.0. The topological polar surface area (TPSA) is 73.4 Å². The minimum atomic E-state index is -0.464. The van der Waals surface area contributed by atoms with Gasteiger partial charge in [0.15, 0.2) is 11.4 Å². The standard InChI is InChI=1S/C17H22N2O4/c1-5-23-17(20)15-16(22-4)13-12-10(7-6-8-11(12)21-3)19-14(13)9(2)18-15/h11,19H,5-8H2,1-4H3. The molecule has 0 saturated carbocycles. The molecule has 0 aliphatic heterocycles. The Bertz CT molecular complexity index is 751. The number of carbonyl (C=O) groups is 1. The Kier molecular flexibility index (Phi) is 4.26. The van der Waals surface area contributed by atoms with Crippen molar-refractivity contribution in [1.29, 1.82) is 0 Å². The van der Waals surface area contributed by atoms with Gasteiger partial charge in [-0.1, -0.05) is 0 Å². The van der Waals surface area contributed by atoms with E-state index in [0.29, 0.717) is 12.4 Å². The number of hydrogen-bond acceptors (Lipinski definition) is 5. The highest BCUT2D eigenvalue weighted by atomic mass is 16.5. The lowest BCUT2D eigenvalue weighted by atomic mass is 9.92. The van der Waals surface area contributed by atoms with Crippen LogP contribution in [-0.2, 0) is 15.9 Å². The monoisotopic (exact) mass is 318 g/mol. The van der Waals surface area contributed by atoms with Crippen molar-refractivity contribution < 1.29 is 19.0 Å². The summed E-state index contributed by atoms with van der Waals surface area (Å²) >= 11 is 0. The van der Waals surface area contributed by atoms with Gasteiger partial charge in [0.25, 0.3) is 0 Å². The highest BCUT2D eigenvalue weighted by molar-refractivity contribution is 6.01. The summed E-state index contributed by atoms with van der Waals surface area (Å²) in [7, 11) is 3.27. The molecule has 1 unspecified atom stereocenters. The molecule has 1 N–H and O–H groups in total. The number of hydrogen-bond donors (Lipinski definition) is 1. The molecule has 6 nitrogen and oxygen atoms in total. The molecule has 23 heavy (non-hydrogen) atoms. The van der Waals surface area contributed by atoms with Crippen LogP contribution >= 0.6 is 0 Å². The first-order valence-electron chi connectivity index (χ1n) is 7.91. The van der Waals surface area contributed by atoms with Crippen molar-refractivity contribution in [1.82, 2.24) is 9.97 Å². The lowest BCUT2D eigenvalue weighted by Crippen LogP contribution is -2.12. The van der Waals surface area contributed by atoms with Crippen molar-refractivity contribution in [3.05, 3.63) is 22.6 Å². The maximum atomic E-state index is 12.3. The van der Waals surface area contributed by atoms with Gasteiger partial charge in [-0.3, -0.25) is 0 Å².